The average molecular weight is 330 g/mol. The molecule has 0 aliphatic carbocycles. The van der Waals surface area contributed by atoms with Crippen LogP contribution in [0.2, 0.25) is 0 Å². The Labute approximate surface area is 143 Å². The van der Waals surface area contributed by atoms with E-state index in [1.165, 1.54) is 0 Å². The van der Waals surface area contributed by atoms with Crippen LogP contribution >= 0.6 is 0 Å². The van der Waals surface area contributed by atoms with Gasteiger partial charge in [0.1, 0.15) is 0 Å². The first-order valence-corrected chi connectivity index (χ1v) is 8.25. The Balaban J connectivity index is 1.92. The van der Waals surface area contributed by atoms with E-state index in [9.17, 15) is 9.90 Å². The Bertz CT molecular complexity index is 594. The van der Waals surface area contributed by atoms with E-state index in [1.807, 2.05) is 26.2 Å². The molecule has 1 heterocycles. The van der Waals surface area contributed by atoms with Gasteiger partial charge in [0.2, 0.25) is 0 Å². The number of urea groups is 1. The molecule has 1 saturated heterocycles. The Hall–Kier alpha value is -2.10. The summed E-state index contributed by atoms with van der Waals surface area (Å²) in [7, 11) is 3.97. The van der Waals surface area contributed by atoms with Crippen molar-refractivity contribution in [3.63, 3.8) is 0 Å². The molecule has 0 spiro atoms. The van der Waals surface area contributed by atoms with Gasteiger partial charge in [-0.2, -0.15) is 5.26 Å². The molecule has 2 amide bonds. The highest BCUT2D eigenvalue weighted by atomic mass is 16.3. The molecule has 0 radical (unpaired) electrons. The lowest BCUT2D eigenvalue weighted by Gasteiger charge is -2.43. The van der Waals surface area contributed by atoms with E-state index in [0.29, 0.717) is 25.2 Å². The minimum absolute atomic E-state index is 0.0879. The number of hydrogen-bond donors (Lipinski definition) is 2. The van der Waals surface area contributed by atoms with Crippen LogP contribution in [0.3, 0.4) is 0 Å². The van der Waals surface area contributed by atoms with Gasteiger partial charge in [-0.1, -0.05) is 12.1 Å². The van der Waals surface area contributed by atoms with Gasteiger partial charge in [-0.25, -0.2) is 4.79 Å². The van der Waals surface area contributed by atoms with E-state index in [4.69, 9.17) is 5.26 Å². The van der Waals surface area contributed by atoms with E-state index >= 15 is 0 Å². The maximum atomic E-state index is 12.5. The van der Waals surface area contributed by atoms with Crippen LogP contribution in [-0.2, 0) is 6.54 Å². The van der Waals surface area contributed by atoms with E-state index in [1.54, 1.807) is 17.0 Å². The van der Waals surface area contributed by atoms with Crippen molar-refractivity contribution < 1.29 is 9.90 Å². The normalized spacial score (nSPS) is 20.7. The van der Waals surface area contributed by atoms with Gasteiger partial charge in [0.25, 0.3) is 0 Å². The molecule has 0 unspecified atom stereocenters. The van der Waals surface area contributed by atoms with Crippen LogP contribution in [0.15, 0.2) is 24.3 Å². The van der Waals surface area contributed by atoms with Crippen molar-refractivity contribution in [2.45, 2.75) is 19.4 Å². The van der Waals surface area contributed by atoms with Crippen molar-refractivity contribution in [2.75, 3.05) is 40.3 Å². The summed E-state index contributed by atoms with van der Waals surface area (Å²) in [5.74, 6) is 0. The van der Waals surface area contributed by atoms with Gasteiger partial charge >= 0.3 is 6.03 Å². The van der Waals surface area contributed by atoms with Gasteiger partial charge in [-0.3, -0.25) is 0 Å². The summed E-state index contributed by atoms with van der Waals surface area (Å²) in [6.07, 6.45) is 1.83. The van der Waals surface area contributed by atoms with Crippen LogP contribution in [-0.4, -0.2) is 61.3 Å². The van der Waals surface area contributed by atoms with Crippen LogP contribution in [0.5, 0.6) is 0 Å². The summed E-state index contributed by atoms with van der Waals surface area (Å²) in [6.45, 7) is 2.57. The smallest absolute Gasteiger partial charge is 0.317 e. The molecule has 6 nitrogen and oxygen atoms in total. The minimum atomic E-state index is -0.243. The van der Waals surface area contributed by atoms with E-state index < -0.39 is 0 Å². The van der Waals surface area contributed by atoms with Crippen molar-refractivity contribution in [3.05, 3.63) is 35.4 Å². The number of hydrogen-bond acceptors (Lipinski definition) is 4. The number of benzene rings is 1. The summed E-state index contributed by atoms with van der Waals surface area (Å²) in [5, 5.41) is 21.6. The molecular formula is C18H26N4O2. The minimum Gasteiger partial charge on any atom is -0.396 e. The quantitative estimate of drug-likeness (QED) is 0.855. The molecule has 0 bridgehead atoms. The summed E-state index contributed by atoms with van der Waals surface area (Å²) in [6, 6.07) is 9.16. The van der Waals surface area contributed by atoms with Gasteiger partial charge < -0.3 is 20.2 Å². The third-order valence-corrected chi connectivity index (χ3v) is 4.46. The SMILES string of the molecule is CN(C)C[C@@]1(CO)CCCN(C(=O)NCc2ccc(C#N)cc2)C1. The molecule has 2 rings (SSSR count). The van der Waals surface area contributed by atoms with Gasteiger partial charge in [-0.15, -0.1) is 0 Å². The fourth-order valence-corrected chi connectivity index (χ4v) is 3.35. The first kappa shape index (κ1) is 18.2. The van der Waals surface area contributed by atoms with E-state index in [2.05, 4.69) is 16.3 Å². The molecule has 24 heavy (non-hydrogen) atoms. The second-order valence-electron chi connectivity index (χ2n) is 6.89. The predicted molar refractivity (Wildman–Crippen MR) is 92.3 cm³/mol. The highest BCUT2D eigenvalue weighted by Gasteiger charge is 2.37. The fraction of sp³-hybridized carbons (Fsp3) is 0.556. The number of amides is 2. The number of aliphatic hydroxyl groups is 1. The highest BCUT2D eigenvalue weighted by Crippen LogP contribution is 2.30. The number of nitrogens with one attached hydrogen (secondary N) is 1. The molecule has 1 aliphatic rings. The van der Waals surface area contributed by atoms with Crippen molar-refractivity contribution in [1.29, 1.82) is 5.26 Å². The number of carbonyl (C=O) groups is 1. The summed E-state index contributed by atoms with van der Waals surface area (Å²) in [5.41, 5.74) is 1.33. The number of rotatable bonds is 5. The molecule has 1 aliphatic heterocycles. The van der Waals surface area contributed by atoms with E-state index in [0.717, 1.165) is 24.9 Å². The number of nitrogens with zero attached hydrogens (tertiary/aromatic N) is 3. The van der Waals surface area contributed by atoms with E-state index in [-0.39, 0.29) is 18.1 Å². The fourth-order valence-electron chi connectivity index (χ4n) is 3.35. The van der Waals surface area contributed by atoms with Gasteiger partial charge in [-0.05, 0) is 44.6 Å². The Morgan fingerprint density at radius 3 is 2.71 bits per heavy atom. The number of nitriles is 1. The second-order valence-corrected chi connectivity index (χ2v) is 6.89. The molecular weight excluding hydrogens is 304 g/mol. The van der Waals surface area contributed by atoms with Crippen LogP contribution in [0.25, 0.3) is 0 Å². The standard InChI is InChI=1S/C18H26N4O2/c1-21(2)12-18(14-23)8-3-9-22(13-18)17(24)20-11-16-6-4-15(10-19)5-7-16/h4-7,23H,3,8-9,11-14H2,1-2H3,(H,20,24)/t18-/m0/s1. The molecule has 130 valence electrons. The molecule has 1 atom stereocenters. The molecule has 0 saturated carbocycles. The number of aliphatic hydroxyl groups excluding tert-OH is 1. The third-order valence-electron chi connectivity index (χ3n) is 4.46. The third kappa shape index (κ3) is 4.70. The summed E-state index contributed by atoms with van der Waals surface area (Å²) in [4.78, 5) is 16.3. The number of carbonyl (C=O) groups excluding carboxylic acids is 1. The molecule has 1 fully saturated rings. The van der Waals surface area contributed by atoms with Crippen molar-refractivity contribution >= 4 is 6.03 Å². The van der Waals surface area contributed by atoms with Crippen LogP contribution in [0.1, 0.15) is 24.0 Å². The zero-order chi connectivity index (χ0) is 17.6. The highest BCUT2D eigenvalue weighted by molar-refractivity contribution is 5.74. The second kappa shape index (κ2) is 8.13. The maximum absolute atomic E-state index is 12.5. The first-order valence-electron chi connectivity index (χ1n) is 8.25. The monoisotopic (exact) mass is 330 g/mol. The summed E-state index contributed by atoms with van der Waals surface area (Å²) >= 11 is 0. The lowest BCUT2D eigenvalue weighted by Crippen LogP contribution is -2.54. The van der Waals surface area contributed by atoms with Gasteiger partial charge in [0, 0.05) is 31.6 Å². The Kier molecular flexibility index (Phi) is 6.18. The Morgan fingerprint density at radius 1 is 1.42 bits per heavy atom. The topological polar surface area (TPSA) is 79.6 Å². The van der Waals surface area contributed by atoms with Crippen LogP contribution in [0, 0.1) is 16.7 Å². The van der Waals surface area contributed by atoms with Gasteiger partial charge in [0.15, 0.2) is 0 Å². The van der Waals surface area contributed by atoms with Crippen molar-refractivity contribution in [3.8, 4) is 6.07 Å². The molecule has 6 heteroatoms. The lowest BCUT2D eigenvalue weighted by atomic mass is 9.80. The maximum Gasteiger partial charge on any atom is 0.317 e. The molecule has 0 aromatic heterocycles. The average Bonchev–Trinajstić information content (AvgIpc) is 2.59. The molecule has 2 N–H and O–H groups in total. The lowest BCUT2D eigenvalue weighted by molar-refractivity contribution is 0.0271. The van der Waals surface area contributed by atoms with Crippen molar-refractivity contribution in [2.24, 2.45) is 5.41 Å². The van der Waals surface area contributed by atoms with Crippen LogP contribution < -0.4 is 5.32 Å². The predicted octanol–water partition coefficient (Wildman–Crippen LogP) is 1.40. The largest absolute Gasteiger partial charge is 0.396 e. The van der Waals surface area contributed by atoms with Gasteiger partial charge in [0.05, 0.1) is 18.2 Å². The molecule has 1 aromatic rings. The molecule has 1 aromatic carbocycles. The number of likely N-dealkylation sites (tertiary alicyclic amines) is 1. The van der Waals surface area contributed by atoms with Crippen molar-refractivity contribution in [1.82, 2.24) is 15.1 Å². The first-order chi connectivity index (χ1) is 11.5. The zero-order valence-electron chi connectivity index (χ0n) is 14.5. The number of piperidine rings is 1. The Morgan fingerprint density at radius 2 is 2.12 bits per heavy atom. The zero-order valence-corrected chi connectivity index (χ0v) is 14.5. The summed E-state index contributed by atoms with van der Waals surface area (Å²) < 4.78 is 0. The van der Waals surface area contributed by atoms with Crippen LogP contribution in [0.4, 0.5) is 4.79 Å².